The monoisotopic (exact) mass is 310 g/mol. The number of anilines is 1. The number of rotatable bonds is 4. The highest BCUT2D eigenvalue weighted by molar-refractivity contribution is 6.30. The van der Waals surface area contributed by atoms with E-state index in [0.29, 0.717) is 11.4 Å². The van der Waals surface area contributed by atoms with Gasteiger partial charge < -0.3 is 11.1 Å². The molecule has 0 bridgehead atoms. The van der Waals surface area contributed by atoms with Crippen LogP contribution in [0.1, 0.15) is 15.9 Å². The van der Waals surface area contributed by atoms with Crippen LogP contribution in [0.3, 0.4) is 0 Å². The van der Waals surface area contributed by atoms with E-state index < -0.39 is 28.8 Å². The second-order valence-corrected chi connectivity index (χ2v) is 4.93. The third-order valence-electron chi connectivity index (χ3n) is 2.92. The summed E-state index contributed by atoms with van der Waals surface area (Å²) in [6, 6.07) is 8.80. The van der Waals surface area contributed by atoms with Crippen LogP contribution < -0.4 is 11.1 Å². The van der Waals surface area contributed by atoms with Crippen LogP contribution in [-0.4, -0.2) is 12.5 Å². The zero-order valence-electron chi connectivity index (χ0n) is 11.0. The van der Waals surface area contributed by atoms with Crippen molar-refractivity contribution >= 4 is 23.2 Å². The normalized spacial score (nSPS) is 10.4. The zero-order valence-corrected chi connectivity index (χ0v) is 11.8. The first-order valence-electron chi connectivity index (χ1n) is 6.24. The van der Waals surface area contributed by atoms with Gasteiger partial charge in [0.1, 0.15) is 5.82 Å². The molecule has 0 saturated carbocycles. The van der Waals surface area contributed by atoms with Crippen molar-refractivity contribution in [1.82, 2.24) is 5.32 Å². The van der Waals surface area contributed by atoms with Crippen LogP contribution in [0, 0.1) is 11.6 Å². The average Bonchev–Trinajstić information content (AvgIpc) is 2.44. The lowest BCUT2D eigenvalue weighted by atomic mass is 10.1. The lowest BCUT2D eigenvalue weighted by molar-refractivity contribution is 0.0949. The van der Waals surface area contributed by atoms with E-state index >= 15 is 0 Å². The number of carbonyl (C=O) groups excluding carboxylic acids is 1. The highest BCUT2D eigenvalue weighted by atomic mass is 35.5. The summed E-state index contributed by atoms with van der Waals surface area (Å²) in [7, 11) is 0. The molecule has 1 amide bonds. The molecule has 6 heteroatoms. The van der Waals surface area contributed by atoms with E-state index in [1.807, 2.05) is 12.1 Å². The molecule has 21 heavy (non-hydrogen) atoms. The van der Waals surface area contributed by atoms with E-state index in [1.54, 1.807) is 12.1 Å². The Morgan fingerprint density at radius 2 is 1.86 bits per heavy atom. The van der Waals surface area contributed by atoms with Crippen LogP contribution in [0.5, 0.6) is 0 Å². The van der Waals surface area contributed by atoms with Crippen molar-refractivity contribution in [1.29, 1.82) is 0 Å². The molecule has 0 radical (unpaired) electrons. The summed E-state index contributed by atoms with van der Waals surface area (Å²) in [4.78, 5) is 11.8. The van der Waals surface area contributed by atoms with Gasteiger partial charge in [-0.25, -0.2) is 8.78 Å². The number of carbonyl (C=O) groups is 1. The maximum absolute atomic E-state index is 13.7. The van der Waals surface area contributed by atoms with Crippen molar-refractivity contribution in [2.75, 3.05) is 12.3 Å². The van der Waals surface area contributed by atoms with E-state index in [-0.39, 0.29) is 6.54 Å². The molecule has 3 N–H and O–H groups in total. The van der Waals surface area contributed by atoms with Gasteiger partial charge in [0.25, 0.3) is 5.91 Å². The summed E-state index contributed by atoms with van der Waals surface area (Å²) in [5.74, 6) is -2.37. The molecular weight excluding hydrogens is 298 g/mol. The number of nitrogens with two attached hydrogens (primary N) is 1. The van der Waals surface area contributed by atoms with Crippen molar-refractivity contribution < 1.29 is 13.6 Å². The molecule has 3 nitrogen and oxygen atoms in total. The minimum absolute atomic E-state index is 0.288. The second kappa shape index (κ2) is 6.54. The molecule has 110 valence electrons. The number of nitrogen functional groups attached to an aromatic ring is 1. The lowest BCUT2D eigenvalue weighted by Gasteiger charge is -2.08. The number of halogens is 3. The maximum Gasteiger partial charge on any atom is 0.254 e. The van der Waals surface area contributed by atoms with E-state index in [9.17, 15) is 13.6 Å². The smallest absolute Gasteiger partial charge is 0.254 e. The van der Waals surface area contributed by atoms with E-state index in [0.717, 1.165) is 17.7 Å². The molecule has 0 saturated heterocycles. The Morgan fingerprint density at radius 1 is 1.19 bits per heavy atom. The number of benzene rings is 2. The molecule has 0 aromatic heterocycles. The predicted octanol–water partition coefficient (Wildman–Crippen LogP) is 3.17. The van der Waals surface area contributed by atoms with Crippen LogP contribution in [0.15, 0.2) is 36.4 Å². The minimum atomic E-state index is -0.916. The molecule has 0 fully saturated rings. The quantitative estimate of drug-likeness (QED) is 0.852. The lowest BCUT2D eigenvalue weighted by Crippen LogP contribution is -2.27. The second-order valence-electron chi connectivity index (χ2n) is 4.49. The van der Waals surface area contributed by atoms with Crippen LogP contribution in [-0.2, 0) is 6.42 Å². The first kappa shape index (κ1) is 15.3. The number of amides is 1. The van der Waals surface area contributed by atoms with Crippen LogP contribution in [0.4, 0.5) is 14.5 Å². The van der Waals surface area contributed by atoms with Gasteiger partial charge in [-0.3, -0.25) is 4.79 Å². The van der Waals surface area contributed by atoms with E-state index in [4.69, 9.17) is 17.3 Å². The fraction of sp³-hybridized carbons (Fsp3) is 0.133. The third-order valence-corrected chi connectivity index (χ3v) is 3.17. The van der Waals surface area contributed by atoms with Gasteiger partial charge in [-0.1, -0.05) is 23.7 Å². The SMILES string of the molecule is Nc1cc(F)cc(C(=O)NCCc2ccc(Cl)cc2)c1F. The molecule has 0 spiro atoms. The molecule has 0 aliphatic heterocycles. The van der Waals surface area contributed by atoms with Crippen molar-refractivity contribution in [2.45, 2.75) is 6.42 Å². The van der Waals surface area contributed by atoms with E-state index in [2.05, 4.69) is 5.32 Å². The Labute approximate surface area is 125 Å². The Morgan fingerprint density at radius 3 is 2.52 bits per heavy atom. The molecule has 0 atom stereocenters. The topological polar surface area (TPSA) is 55.1 Å². The summed E-state index contributed by atoms with van der Waals surface area (Å²) in [5, 5.41) is 3.15. The Kier molecular flexibility index (Phi) is 4.75. The number of nitrogens with one attached hydrogen (secondary N) is 1. The highest BCUT2D eigenvalue weighted by Gasteiger charge is 2.15. The largest absolute Gasteiger partial charge is 0.396 e. The molecule has 0 heterocycles. The van der Waals surface area contributed by atoms with Gasteiger partial charge in [-0.2, -0.15) is 0 Å². The molecular formula is C15H13ClF2N2O. The fourth-order valence-electron chi connectivity index (χ4n) is 1.84. The number of hydrogen-bond donors (Lipinski definition) is 2. The maximum atomic E-state index is 13.7. The molecule has 0 aliphatic rings. The van der Waals surface area contributed by atoms with Gasteiger partial charge in [0, 0.05) is 11.6 Å². The Hall–Kier alpha value is -2.14. The Bertz CT molecular complexity index is 659. The number of hydrogen-bond acceptors (Lipinski definition) is 2. The van der Waals surface area contributed by atoms with Crippen molar-refractivity contribution in [3.63, 3.8) is 0 Å². The summed E-state index contributed by atoms with van der Waals surface area (Å²) >= 11 is 5.76. The summed E-state index contributed by atoms with van der Waals surface area (Å²) in [5.41, 5.74) is 5.47. The van der Waals surface area contributed by atoms with E-state index in [1.165, 1.54) is 0 Å². The first-order chi connectivity index (χ1) is 9.97. The van der Waals surface area contributed by atoms with Gasteiger partial charge in [0.05, 0.1) is 11.3 Å². The van der Waals surface area contributed by atoms with Gasteiger partial charge in [0.2, 0.25) is 0 Å². The molecule has 2 aromatic carbocycles. The average molecular weight is 311 g/mol. The standard InChI is InChI=1S/C15H13ClF2N2O/c16-10-3-1-9(2-4-10)5-6-20-15(21)12-7-11(17)8-13(19)14(12)18/h1-4,7-8H,5-6,19H2,(H,20,21). The van der Waals surface area contributed by atoms with Crippen molar-refractivity contribution in [3.05, 3.63) is 64.2 Å². The summed E-state index contributed by atoms with van der Waals surface area (Å²) in [6.07, 6.45) is 0.551. The predicted molar refractivity (Wildman–Crippen MR) is 78.3 cm³/mol. The van der Waals surface area contributed by atoms with Crippen molar-refractivity contribution in [3.8, 4) is 0 Å². The minimum Gasteiger partial charge on any atom is -0.396 e. The zero-order chi connectivity index (χ0) is 15.4. The highest BCUT2D eigenvalue weighted by Crippen LogP contribution is 2.17. The van der Waals surface area contributed by atoms with Crippen LogP contribution >= 0.6 is 11.6 Å². The van der Waals surface area contributed by atoms with Crippen LogP contribution in [0.2, 0.25) is 5.02 Å². The summed E-state index contributed by atoms with van der Waals surface area (Å²) < 4.78 is 26.8. The van der Waals surface area contributed by atoms with Gasteiger partial charge in [-0.05, 0) is 36.2 Å². The van der Waals surface area contributed by atoms with Gasteiger partial charge in [-0.15, -0.1) is 0 Å². The molecule has 0 aliphatic carbocycles. The summed E-state index contributed by atoms with van der Waals surface area (Å²) in [6.45, 7) is 0.288. The fourth-order valence-corrected chi connectivity index (χ4v) is 1.97. The van der Waals surface area contributed by atoms with Gasteiger partial charge >= 0.3 is 0 Å². The molecule has 2 aromatic rings. The van der Waals surface area contributed by atoms with Gasteiger partial charge in [0.15, 0.2) is 5.82 Å². The Balaban J connectivity index is 1.97. The molecule has 0 unspecified atom stereocenters. The van der Waals surface area contributed by atoms with Crippen molar-refractivity contribution in [2.24, 2.45) is 0 Å². The first-order valence-corrected chi connectivity index (χ1v) is 6.62. The third kappa shape index (κ3) is 3.92. The van der Waals surface area contributed by atoms with Crippen LogP contribution in [0.25, 0.3) is 0 Å². The molecule has 2 rings (SSSR count).